The van der Waals surface area contributed by atoms with Crippen molar-refractivity contribution in [2.75, 3.05) is 13.2 Å². The quantitative estimate of drug-likeness (QED) is 0.392. The van der Waals surface area contributed by atoms with Crippen LogP contribution in [0.4, 0.5) is 0 Å². The van der Waals surface area contributed by atoms with E-state index in [-0.39, 0.29) is 18.1 Å². The van der Waals surface area contributed by atoms with Crippen molar-refractivity contribution in [3.8, 4) is 0 Å². The van der Waals surface area contributed by atoms with Gasteiger partial charge in [-0.15, -0.1) is 0 Å². The minimum absolute atomic E-state index is 0.00303. The van der Waals surface area contributed by atoms with Gasteiger partial charge in [0, 0.05) is 24.4 Å². The van der Waals surface area contributed by atoms with Crippen molar-refractivity contribution in [1.29, 1.82) is 0 Å². The minimum Gasteiger partial charge on any atom is -0.508 e. The highest BCUT2D eigenvalue weighted by Crippen LogP contribution is 2.01. The second kappa shape index (κ2) is 10.2. The van der Waals surface area contributed by atoms with Gasteiger partial charge in [0.05, 0.1) is 6.61 Å². The Morgan fingerprint density at radius 1 is 1.18 bits per heavy atom. The Balaban J connectivity index is 2.52. The van der Waals surface area contributed by atoms with Crippen LogP contribution < -0.4 is 5.32 Å². The van der Waals surface area contributed by atoms with Crippen LogP contribution in [0.3, 0.4) is 0 Å². The number of allylic oxidation sites excluding steroid dienone is 6. The van der Waals surface area contributed by atoms with Crippen LogP contribution in [-0.4, -0.2) is 29.1 Å². The van der Waals surface area contributed by atoms with Gasteiger partial charge < -0.3 is 15.5 Å². The Morgan fingerprint density at radius 2 is 1.91 bits per heavy atom. The zero-order chi connectivity index (χ0) is 16.2. The second-order valence-electron chi connectivity index (χ2n) is 4.58. The van der Waals surface area contributed by atoms with Crippen LogP contribution >= 0.6 is 0 Å². The lowest BCUT2D eigenvalue weighted by molar-refractivity contribution is -0.110. The molecule has 1 aromatic rings. The molecule has 4 nitrogen and oxygen atoms in total. The van der Waals surface area contributed by atoms with E-state index >= 15 is 0 Å². The summed E-state index contributed by atoms with van der Waals surface area (Å²) < 4.78 is 0. The van der Waals surface area contributed by atoms with E-state index in [1.807, 2.05) is 36.4 Å². The Bertz CT molecular complexity index is 584. The van der Waals surface area contributed by atoms with Crippen LogP contribution in [0.2, 0.25) is 0 Å². The van der Waals surface area contributed by atoms with Gasteiger partial charge >= 0.3 is 0 Å². The van der Waals surface area contributed by atoms with Gasteiger partial charge in [0.1, 0.15) is 5.76 Å². The molecule has 0 aliphatic rings. The van der Waals surface area contributed by atoms with Crippen molar-refractivity contribution < 1.29 is 15.0 Å². The zero-order valence-electron chi connectivity index (χ0n) is 12.6. The minimum atomic E-state index is -0.322. The summed E-state index contributed by atoms with van der Waals surface area (Å²) in [5.74, 6) is -0.439. The highest BCUT2D eigenvalue weighted by atomic mass is 16.3. The average molecular weight is 299 g/mol. The molecular formula is C18H21NO3. The van der Waals surface area contributed by atoms with Gasteiger partial charge in [0.15, 0.2) is 5.78 Å². The number of nitrogens with one attached hydrogen (secondary N) is 1. The first-order valence-corrected chi connectivity index (χ1v) is 6.99. The SMILES string of the molecule is C/C(=C\C(=O)/C=C(O)/C=C/C=C/c1ccccc1)NCCO. The standard InChI is InChI=1S/C18H21NO3/c1-15(19-11-12-20)13-18(22)14-17(21)10-6-5-9-16-7-3-2-4-8-16/h2-10,13-14,19-21H,11-12H2,1H3/b9-5+,10-6+,15-13+,17-14-. The fraction of sp³-hybridized carbons (Fsp3) is 0.167. The summed E-state index contributed by atoms with van der Waals surface area (Å²) in [6, 6.07) is 9.77. The molecule has 0 aromatic heterocycles. The Hall–Kier alpha value is -2.59. The summed E-state index contributed by atoms with van der Waals surface area (Å²) in [4.78, 5) is 11.6. The molecule has 0 bridgehead atoms. The third-order valence-electron chi connectivity index (χ3n) is 2.63. The molecule has 0 saturated heterocycles. The van der Waals surface area contributed by atoms with Crippen molar-refractivity contribution in [3.63, 3.8) is 0 Å². The van der Waals surface area contributed by atoms with Crippen molar-refractivity contribution >= 4 is 11.9 Å². The zero-order valence-corrected chi connectivity index (χ0v) is 12.6. The van der Waals surface area contributed by atoms with E-state index in [9.17, 15) is 9.90 Å². The van der Waals surface area contributed by atoms with Crippen molar-refractivity contribution in [2.45, 2.75) is 6.92 Å². The molecule has 1 aromatic carbocycles. The van der Waals surface area contributed by atoms with E-state index in [0.717, 1.165) is 11.6 Å². The topological polar surface area (TPSA) is 69.6 Å². The van der Waals surface area contributed by atoms with Crippen molar-refractivity contribution in [2.24, 2.45) is 0 Å². The van der Waals surface area contributed by atoms with Crippen molar-refractivity contribution in [3.05, 3.63) is 77.7 Å². The molecule has 0 heterocycles. The summed E-state index contributed by atoms with van der Waals surface area (Å²) in [5, 5.41) is 21.1. The van der Waals surface area contributed by atoms with Gasteiger partial charge in [-0.1, -0.05) is 48.6 Å². The first-order chi connectivity index (χ1) is 10.6. The molecule has 3 N–H and O–H groups in total. The van der Waals surface area contributed by atoms with E-state index in [1.54, 1.807) is 19.1 Å². The fourth-order valence-electron chi connectivity index (χ4n) is 1.64. The summed E-state index contributed by atoms with van der Waals surface area (Å²) in [6.07, 6.45) is 9.28. The van der Waals surface area contributed by atoms with Crippen LogP contribution in [0.5, 0.6) is 0 Å². The molecule has 116 valence electrons. The average Bonchev–Trinajstić information content (AvgIpc) is 2.50. The molecule has 0 atom stereocenters. The van der Waals surface area contributed by atoms with Gasteiger partial charge in [-0.05, 0) is 18.6 Å². The van der Waals surface area contributed by atoms with Crippen LogP contribution in [-0.2, 0) is 4.79 Å². The molecular weight excluding hydrogens is 278 g/mol. The number of rotatable bonds is 8. The summed E-state index contributed by atoms with van der Waals surface area (Å²) >= 11 is 0. The predicted octanol–water partition coefficient (Wildman–Crippen LogP) is 2.75. The van der Waals surface area contributed by atoms with E-state index in [4.69, 9.17) is 5.11 Å². The maximum absolute atomic E-state index is 11.6. The first-order valence-electron chi connectivity index (χ1n) is 6.99. The fourth-order valence-corrected chi connectivity index (χ4v) is 1.64. The number of hydrogen-bond donors (Lipinski definition) is 3. The molecule has 22 heavy (non-hydrogen) atoms. The monoisotopic (exact) mass is 299 g/mol. The third-order valence-corrected chi connectivity index (χ3v) is 2.63. The molecule has 0 aliphatic carbocycles. The predicted molar refractivity (Wildman–Crippen MR) is 89.2 cm³/mol. The highest BCUT2D eigenvalue weighted by Gasteiger charge is 1.96. The number of carbonyl (C=O) groups excluding carboxylic acids is 1. The second-order valence-corrected chi connectivity index (χ2v) is 4.58. The van der Waals surface area contributed by atoms with Gasteiger partial charge in [-0.3, -0.25) is 4.79 Å². The smallest absolute Gasteiger partial charge is 0.184 e. The molecule has 0 fully saturated rings. The lowest BCUT2D eigenvalue weighted by Crippen LogP contribution is -2.16. The molecule has 0 amide bonds. The molecule has 1 rings (SSSR count). The van der Waals surface area contributed by atoms with Gasteiger partial charge in [0.25, 0.3) is 0 Å². The first kappa shape index (κ1) is 17.5. The summed E-state index contributed by atoms with van der Waals surface area (Å²) in [5.41, 5.74) is 1.69. The third kappa shape index (κ3) is 7.87. The van der Waals surface area contributed by atoms with Crippen LogP contribution in [0.15, 0.2) is 72.2 Å². The maximum atomic E-state index is 11.6. The van der Waals surface area contributed by atoms with E-state index in [0.29, 0.717) is 12.2 Å². The highest BCUT2D eigenvalue weighted by molar-refractivity contribution is 6.00. The molecule has 0 aliphatic heterocycles. The van der Waals surface area contributed by atoms with Crippen LogP contribution in [0.1, 0.15) is 12.5 Å². The van der Waals surface area contributed by atoms with E-state index < -0.39 is 0 Å². The largest absolute Gasteiger partial charge is 0.508 e. The number of hydrogen-bond acceptors (Lipinski definition) is 4. The Kier molecular flexibility index (Phi) is 8.08. The van der Waals surface area contributed by atoms with Crippen LogP contribution in [0.25, 0.3) is 6.08 Å². The molecule has 0 unspecified atom stereocenters. The van der Waals surface area contributed by atoms with Gasteiger partial charge in [-0.2, -0.15) is 0 Å². The molecule has 0 spiro atoms. The van der Waals surface area contributed by atoms with Crippen LogP contribution in [0, 0.1) is 0 Å². The lowest BCUT2D eigenvalue weighted by Gasteiger charge is -2.02. The Morgan fingerprint density at radius 3 is 2.59 bits per heavy atom. The maximum Gasteiger partial charge on any atom is 0.184 e. The number of carbonyl (C=O) groups is 1. The van der Waals surface area contributed by atoms with E-state index in [1.165, 1.54) is 12.2 Å². The summed E-state index contributed by atoms with van der Waals surface area (Å²) in [6.45, 7) is 2.10. The van der Waals surface area contributed by atoms with Crippen molar-refractivity contribution in [1.82, 2.24) is 5.32 Å². The normalized spacial score (nSPS) is 13.0. The summed E-state index contributed by atoms with van der Waals surface area (Å²) in [7, 11) is 0. The van der Waals surface area contributed by atoms with Gasteiger partial charge in [-0.25, -0.2) is 0 Å². The number of aliphatic hydroxyl groups is 2. The number of ketones is 1. The Labute approximate surface area is 130 Å². The molecule has 0 radical (unpaired) electrons. The lowest BCUT2D eigenvalue weighted by atomic mass is 10.2. The van der Waals surface area contributed by atoms with Gasteiger partial charge in [0.2, 0.25) is 0 Å². The number of benzene rings is 1. The molecule has 4 heteroatoms. The van der Waals surface area contributed by atoms with E-state index in [2.05, 4.69) is 5.32 Å². The number of aliphatic hydroxyl groups excluding tert-OH is 2. The molecule has 0 saturated carbocycles.